The minimum absolute atomic E-state index is 0.909. The summed E-state index contributed by atoms with van der Waals surface area (Å²) < 4.78 is 2.37. The van der Waals surface area contributed by atoms with Crippen LogP contribution in [0.1, 0.15) is 13.8 Å². The van der Waals surface area contributed by atoms with E-state index in [2.05, 4.69) is 39.8 Å². The molecule has 0 aliphatic carbocycles. The van der Waals surface area contributed by atoms with E-state index in [1.165, 1.54) is 13.1 Å². The summed E-state index contributed by atoms with van der Waals surface area (Å²) in [4.78, 5) is 0. The van der Waals surface area contributed by atoms with Gasteiger partial charge < -0.3 is 0 Å². The molecule has 1 fully saturated rings. The van der Waals surface area contributed by atoms with E-state index >= 15 is 0 Å². The summed E-state index contributed by atoms with van der Waals surface area (Å²) >= 11 is 2.40. The van der Waals surface area contributed by atoms with Crippen LogP contribution < -0.4 is 0 Å². The Morgan fingerprint density at radius 3 is 1.75 bits per heavy atom. The van der Waals surface area contributed by atoms with Crippen molar-refractivity contribution in [2.75, 3.05) is 13.1 Å². The first-order valence-electron chi connectivity index (χ1n) is 3.11. The third-order valence-electron chi connectivity index (χ3n) is 1.94. The summed E-state index contributed by atoms with van der Waals surface area (Å²) in [5.74, 6) is 1.82. The molecule has 48 valence electrons. The molecule has 0 aromatic carbocycles. The first-order valence-corrected chi connectivity index (χ1v) is 4.07. The summed E-state index contributed by atoms with van der Waals surface area (Å²) in [5.41, 5.74) is 0. The maximum atomic E-state index is 2.40. The molecule has 1 rings (SSSR count). The number of nitrogens with zero attached hydrogens (tertiary/aromatic N) is 1. The molecular formula is C6H12IN. The zero-order valence-corrected chi connectivity index (χ0v) is 7.55. The lowest BCUT2D eigenvalue weighted by Crippen LogP contribution is -2.04. The quantitative estimate of drug-likeness (QED) is 0.449. The van der Waals surface area contributed by atoms with E-state index in [0.29, 0.717) is 0 Å². The van der Waals surface area contributed by atoms with E-state index in [1.54, 1.807) is 0 Å². The monoisotopic (exact) mass is 225 g/mol. The first-order chi connectivity index (χ1) is 3.70. The second-order valence-corrected chi connectivity index (χ2v) is 4.15. The molecule has 1 aliphatic heterocycles. The second-order valence-electron chi connectivity index (χ2n) is 2.78. The van der Waals surface area contributed by atoms with Crippen LogP contribution in [0.25, 0.3) is 0 Å². The molecule has 8 heavy (non-hydrogen) atoms. The van der Waals surface area contributed by atoms with Gasteiger partial charge in [0.15, 0.2) is 0 Å². The fourth-order valence-corrected chi connectivity index (χ4v) is 2.30. The molecule has 1 aliphatic rings. The Kier molecular flexibility index (Phi) is 2.14. The van der Waals surface area contributed by atoms with Crippen LogP contribution in [-0.2, 0) is 0 Å². The van der Waals surface area contributed by atoms with E-state index in [9.17, 15) is 0 Å². The molecule has 0 unspecified atom stereocenters. The lowest BCUT2D eigenvalue weighted by Gasteiger charge is -2.03. The van der Waals surface area contributed by atoms with E-state index in [-0.39, 0.29) is 0 Å². The molecule has 1 heterocycles. The van der Waals surface area contributed by atoms with Gasteiger partial charge >= 0.3 is 0 Å². The minimum atomic E-state index is 0.909. The van der Waals surface area contributed by atoms with Gasteiger partial charge in [0.05, 0.1) is 0 Å². The summed E-state index contributed by atoms with van der Waals surface area (Å²) in [7, 11) is 0. The highest BCUT2D eigenvalue weighted by Gasteiger charge is 2.23. The summed E-state index contributed by atoms with van der Waals surface area (Å²) in [6.07, 6.45) is 0. The highest BCUT2D eigenvalue weighted by atomic mass is 127. The van der Waals surface area contributed by atoms with Crippen LogP contribution in [0, 0.1) is 11.8 Å². The van der Waals surface area contributed by atoms with Gasteiger partial charge in [0.2, 0.25) is 0 Å². The normalized spacial score (nSPS) is 40.9. The minimum Gasteiger partial charge on any atom is -0.247 e. The average Bonchev–Trinajstić information content (AvgIpc) is 1.85. The largest absolute Gasteiger partial charge is 0.247 e. The predicted molar refractivity (Wildman–Crippen MR) is 43.9 cm³/mol. The molecule has 0 amide bonds. The van der Waals surface area contributed by atoms with E-state index < -0.39 is 0 Å². The Balaban J connectivity index is 2.39. The first kappa shape index (κ1) is 6.81. The Morgan fingerprint density at radius 2 is 1.62 bits per heavy atom. The van der Waals surface area contributed by atoms with Crippen LogP contribution in [0.3, 0.4) is 0 Å². The topological polar surface area (TPSA) is 3.24 Å². The van der Waals surface area contributed by atoms with Gasteiger partial charge in [0.25, 0.3) is 0 Å². The average molecular weight is 225 g/mol. The Bertz CT molecular complexity index is 74.6. The fraction of sp³-hybridized carbons (Fsp3) is 1.00. The molecule has 0 N–H and O–H groups in total. The van der Waals surface area contributed by atoms with Crippen LogP contribution >= 0.6 is 22.9 Å². The van der Waals surface area contributed by atoms with Crippen molar-refractivity contribution in [3.63, 3.8) is 0 Å². The molecule has 0 bridgehead atoms. The van der Waals surface area contributed by atoms with Gasteiger partial charge in [-0.25, -0.2) is 3.11 Å². The zero-order chi connectivity index (χ0) is 6.15. The van der Waals surface area contributed by atoms with Crippen molar-refractivity contribution in [2.45, 2.75) is 13.8 Å². The fourth-order valence-electron chi connectivity index (χ4n) is 1.06. The summed E-state index contributed by atoms with van der Waals surface area (Å²) in [6, 6.07) is 0. The highest BCUT2D eigenvalue weighted by Crippen LogP contribution is 2.24. The van der Waals surface area contributed by atoms with Gasteiger partial charge in [0, 0.05) is 36.0 Å². The van der Waals surface area contributed by atoms with Crippen molar-refractivity contribution in [3.8, 4) is 0 Å². The molecule has 2 atom stereocenters. The van der Waals surface area contributed by atoms with Gasteiger partial charge in [0.1, 0.15) is 0 Å². The standard InChI is InChI=1S/C6H12IN/c1-5-3-8(7)4-6(5)2/h5-6H,3-4H2,1-2H3/t5-,6-/m1/s1. The Labute approximate surface area is 64.9 Å². The molecule has 2 heteroatoms. The number of rotatable bonds is 0. The number of halogens is 1. The molecule has 0 radical (unpaired) electrons. The van der Waals surface area contributed by atoms with E-state index in [4.69, 9.17) is 0 Å². The van der Waals surface area contributed by atoms with Gasteiger partial charge in [-0.15, -0.1) is 0 Å². The van der Waals surface area contributed by atoms with E-state index in [0.717, 1.165) is 11.8 Å². The van der Waals surface area contributed by atoms with Crippen LogP contribution in [-0.4, -0.2) is 16.2 Å². The van der Waals surface area contributed by atoms with E-state index in [1.807, 2.05) is 0 Å². The Morgan fingerprint density at radius 1 is 1.25 bits per heavy atom. The number of hydrogen-bond acceptors (Lipinski definition) is 1. The maximum Gasteiger partial charge on any atom is 0.0201 e. The molecular weight excluding hydrogens is 213 g/mol. The Hall–Kier alpha value is 0.690. The van der Waals surface area contributed by atoms with Crippen LogP contribution in [0.4, 0.5) is 0 Å². The van der Waals surface area contributed by atoms with Gasteiger partial charge in [-0.3, -0.25) is 0 Å². The summed E-state index contributed by atoms with van der Waals surface area (Å²) in [6.45, 7) is 7.20. The maximum absolute atomic E-state index is 2.40. The van der Waals surface area contributed by atoms with Crippen molar-refractivity contribution in [1.29, 1.82) is 0 Å². The third kappa shape index (κ3) is 1.35. The number of hydrogen-bond donors (Lipinski definition) is 0. The lowest BCUT2D eigenvalue weighted by atomic mass is 10.0. The van der Waals surface area contributed by atoms with Crippen LogP contribution in [0.5, 0.6) is 0 Å². The smallest absolute Gasteiger partial charge is 0.0201 e. The van der Waals surface area contributed by atoms with Crippen LogP contribution in [0.2, 0.25) is 0 Å². The molecule has 0 saturated carbocycles. The van der Waals surface area contributed by atoms with Crippen LogP contribution in [0.15, 0.2) is 0 Å². The van der Waals surface area contributed by atoms with Gasteiger partial charge in [-0.05, 0) is 11.8 Å². The third-order valence-corrected chi connectivity index (χ3v) is 2.73. The highest BCUT2D eigenvalue weighted by molar-refractivity contribution is 14.1. The zero-order valence-electron chi connectivity index (χ0n) is 5.39. The predicted octanol–water partition coefficient (Wildman–Crippen LogP) is 1.92. The SMILES string of the molecule is C[C@@H]1CN(I)C[C@H]1C. The molecule has 1 nitrogen and oxygen atoms in total. The van der Waals surface area contributed by atoms with Gasteiger partial charge in [-0.2, -0.15) is 0 Å². The lowest BCUT2D eigenvalue weighted by molar-refractivity contribution is 0.494. The molecule has 0 aromatic heterocycles. The van der Waals surface area contributed by atoms with Crippen molar-refractivity contribution >= 4 is 22.9 Å². The molecule has 1 saturated heterocycles. The van der Waals surface area contributed by atoms with Crippen molar-refractivity contribution in [2.24, 2.45) is 11.8 Å². The second kappa shape index (κ2) is 2.52. The molecule has 0 aromatic rings. The van der Waals surface area contributed by atoms with Crippen molar-refractivity contribution in [1.82, 2.24) is 3.11 Å². The van der Waals surface area contributed by atoms with Crippen molar-refractivity contribution < 1.29 is 0 Å². The van der Waals surface area contributed by atoms with Gasteiger partial charge in [-0.1, -0.05) is 13.8 Å². The summed E-state index contributed by atoms with van der Waals surface area (Å²) in [5, 5.41) is 0. The molecule has 0 spiro atoms. The van der Waals surface area contributed by atoms with Crippen molar-refractivity contribution in [3.05, 3.63) is 0 Å².